The highest BCUT2D eigenvalue weighted by Crippen LogP contribution is 2.37. The van der Waals surface area contributed by atoms with Crippen LogP contribution in [0.4, 0.5) is 4.79 Å². The maximum atomic E-state index is 11.4. The van der Waals surface area contributed by atoms with E-state index in [2.05, 4.69) is 15.9 Å². The molecule has 0 aromatic heterocycles. The summed E-state index contributed by atoms with van der Waals surface area (Å²) in [5, 5.41) is 9.23. The number of hydrogen-bond donors (Lipinski definition) is 1. The smallest absolute Gasteiger partial charge is 0.314 e. The highest BCUT2D eigenvalue weighted by atomic mass is 16.2. The molecule has 2 amide bonds. The highest BCUT2D eigenvalue weighted by Gasteiger charge is 2.35. The molecule has 1 saturated heterocycles. The molecule has 6 nitrogen and oxygen atoms in total. The lowest BCUT2D eigenvalue weighted by Gasteiger charge is -2.34. The Bertz CT molecular complexity index is 592. The van der Waals surface area contributed by atoms with Crippen LogP contribution in [0.15, 0.2) is 16.4 Å². The summed E-state index contributed by atoms with van der Waals surface area (Å²) in [7, 11) is 0. The van der Waals surface area contributed by atoms with Gasteiger partial charge in [-0.15, -0.1) is 0 Å². The van der Waals surface area contributed by atoms with Crippen LogP contribution < -0.4 is 5.73 Å². The predicted molar refractivity (Wildman–Crippen MR) is 78.9 cm³/mol. The van der Waals surface area contributed by atoms with E-state index in [9.17, 15) is 10.1 Å². The van der Waals surface area contributed by atoms with Gasteiger partial charge in [-0.2, -0.15) is 5.26 Å². The van der Waals surface area contributed by atoms with Gasteiger partial charge in [0, 0.05) is 36.3 Å². The van der Waals surface area contributed by atoms with Crippen molar-refractivity contribution in [2.24, 2.45) is 28.5 Å². The second kappa shape index (κ2) is 5.97. The molecule has 2 N–H and O–H groups in total. The van der Waals surface area contributed by atoms with Gasteiger partial charge in [-0.05, 0) is 19.8 Å². The number of rotatable bonds is 1. The van der Waals surface area contributed by atoms with Crippen LogP contribution in [0.3, 0.4) is 0 Å². The molecule has 21 heavy (non-hydrogen) atoms. The molecule has 0 radical (unpaired) electrons. The number of allylic oxidation sites excluding steroid dienone is 1. The molecule has 0 bridgehead atoms. The number of nitrogens with zero attached hydrogens (tertiary/aromatic N) is 4. The van der Waals surface area contributed by atoms with Crippen molar-refractivity contribution in [2.45, 2.75) is 26.7 Å². The fraction of sp³-hybridized carbons (Fsp3) is 0.600. The Morgan fingerprint density at radius 1 is 1.62 bits per heavy atom. The average Bonchev–Trinajstić information content (AvgIpc) is 2.47. The first-order valence-electron chi connectivity index (χ1n) is 7.10. The number of primary amides is 1. The van der Waals surface area contributed by atoms with Crippen LogP contribution in [0.1, 0.15) is 26.7 Å². The lowest BCUT2D eigenvalue weighted by Crippen LogP contribution is -2.43. The molecule has 2 unspecified atom stereocenters. The van der Waals surface area contributed by atoms with E-state index < -0.39 is 6.03 Å². The molecule has 110 valence electrons. The van der Waals surface area contributed by atoms with Gasteiger partial charge in [0.2, 0.25) is 0 Å². The number of aliphatic imine (C=N–C) groups is 1. The van der Waals surface area contributed by atoms with Crippen molar-refractivity contribution in [3.63, 3.8) is 0 Å². The second-order valence-electron chi connectivity index (χ2n) is 5.65. The summed E-state index contributed by atoms with van der Waals surface area (Å²) in [4.78, 5) is 21.1. The minimum atomic E-state index is -0.427. The van der Waals surface area contributed by atoms with Gasteiger partial charge in [0.1, 0.15) is 0 Å². The maximum absolute atomic E-state index is 11.4. The Morgan fingerprint density at radius 3 is 2.90 bits per heavy atom. The van der Waals surface area contributed by atoms with E-state index in [0.717, 1.165) is 24.3 Å². The largest absolute Gasteiger partial charge is 0.351 e. The predicted octanol–water partition coefficient (Wildman–Crippen LogP) is 2.16. The number of carbonyl (C=O) groups is 1. The van der Waals surface area contributed by atoms with E-state index >= 15 is 0 Å². The van der Waals surface area contributed by atoms with Crippen molar-refractivity contribution in [1.29, 1.82) is 5.26 Å². The highest BCUT2D eigenvalue weighted by molar-refractivity contribution is 5.89. The zero-order valence-electron chi connectivity index (χ0n) is 12.3. The van der Waals surface area contributed by atoms with Gasteiger partial charge < -0.3 is 10.6 Å². The summed E-state index contributed by atoms with van der Waals surface area (Å²) in [6.45, 7) is 12.3. The molecule has 0 aromatic rings. The van der Waals surface area contributed by atoms with Crippen LogP contribution in [0.25, 0.3) is 4.85 Å². The molecule has 0 aromatic carbocycles. The molecule has 2 heterocycles. The van der Waals surface area contributed by atoms with Gasteiger partial charge in [0.15, 0.2) is 5.70 Å². The van der Waals surface area contributed by atoms with Gasteiger partial charge >= 0.3 is 6.03 Å². The summed E-state index contributed by atoms with van der Waals surface area (Å²) in [5.74, 6) is -0.454. The number of carbonyl (C=O) groups excluding carboxylic acids is 1. The van der Waals surface area contributed by atoms with Crippen LogP contribution in [0.5, 0.6) is 0 Å². The maximum Gasteiger partial charge on any atom is 0.314 e. The lowest BCUT2D eigenvalue weighted by molar-refractivity contribution is 0.181. The summed E-state index contributed by atoms with van der Waals surface area (Å²) in [5.41, 5.74) is 7.41. The molecule has 6 heteroatoms. The minimum Gasteiger partial charge on any atom is -0.351 e. The Morgan fingerprint density at radius 2 is 2.33 bits per heavy atom. The number of amides is 2. The van der Waals surface area contributed by atoms with Crippen LogP contribution in [-0.2, 0) is 0 Å². The molecule has 2 rings (SSSR count). The summed E-state index contributed by atoms with van der Waals surface area (Å²) in [6, 6.07) is 1.80. The summed E-state index contributed by atoms with van der Waals surface area (Å²) in [6.07, 6.45) is 1.74. The molecule has 2 aliphatic rings. The van der Waals surface area contributed by atoms with Crippen LogP contribution in [0, 0.1) is 35.7 Å². The Kier molecular flexibility index (Phi) is 4.28. The molecule has 0 saturated carbocycles. The van der Waals surface area contributed by atoms with Crippen LogP contribution >= 0.6 is 0 Å². The Hall–Kier alpha value is -2.34. The van der Waals surface area contributed by atoms with Crippen molar-refractivity contribution in [3.8, 4) is 6.07 Å². The van der Waals surface area contributed by atoms with E-state index in [1.54, 1.807) is 4.90 Å². The zero-order valence-corrected chi connectivity index (χ0v) is 12.3. The molecule has 0 aliphatic carbocycles. The number of urea groups is 1. The number of nitriles is 1. The first kappa shape index (κ1) is 15.1. The fourth-order valence-corrected chi connectivity index (χ4v) is 3.13. The minimum absolute atomic E-state index is 0.0346. The lowest BCUT2D eigenvalue weighted by atomic mass is 9.82. The molecule has 3 atom stereocenters. The number of piperidine rings is 1. The van der Waals surface area contributed by atoms with Crippen molar-refractivity contribution in [3.05, 3.63) is 22.8 Å². The SMILES string of the molecule is [C-]#[N+]C1=C(C2CCCN(C(N)=O)C2)N=C(C)C(C#N)[C@H]1C. The number of nitrogens with two attached hydrogens (primary N) is 1. The summed E-state index contributed by atoms with van der Waals surface area (Å²) >= 11 is 0. The van der Waals surface area contributed by atoms with Gasteiger partial charge in [-0.25, -0.2) is 9.64 Å². The molecule has 2 aliphatic heterocycles. The van der Waals surface area contributed by atoms with Gasteiger partial charge in [-0.1, -0.05) is 6.92 Å². The van der Waals surface area contributed by atoms with Crippen LogP contribution in [0.2, 0.25) is 0 Å². The first-order valence-corrected chi connectivity index (χ1v) is 7.10. The third-order valence-electron chi connectivity index (χ3n) is 4.32. The molecular weight excluding hydrogens is 266 g/mol. The van der Waals surface area contributed by atoms with Gasteiger partial charge in [-0.3, -0.25) is 4.99 Å². The first-order chi connectivity index (χ1) is 9.99. The standard InChI is InChI=1S/C15H19N5O/c1-9-12(7-16)10(2)19-14(13(9)18-3)11-5-4-6-20(8-11)15(17)21/h9,11-12H,4-6,8H2,1-2H3,(H2,17,21)/t9-,11?,12?/m1/s1. The monoisotopic (exact) mass is 285 g/mol. The van der Waals surface area contributed by atoms with Gasteiger partial charge in [0.05, 0.1) is 18.6 Å². The normalized spacial score (nSPS) is 29.4. The average molecular weight is 285 g/mol. The third-order valence-corrected chi connectivity index (χ3v) is 4.32. The van der Waals surface area contributed by atoms with Crippen molar-refractivity contribution in [1.82, 2.24) is 4.90 Å². The topological polar surface area (TPSA) is 86.8 Å². The zero-order chi connectivity index (χ0) is 15.6. The van der Waals surface area contributed by atoms with E-state index in [1.165, 1.54) is 0 Å². The second-order valence-corrected chi connectivity index (χ2v) is 5.65. The Balaban J connectivity index is 2.35. The van der Waals surface area contributed by atoms with Crippen molar-refractivity contribution >= 4 is 11.7 Å². The van der Waals surface area contributed by atoms with Crippen LogP contribution in [-0.4, -0.2) is 29.7 Å². The van der Waals surface area contributed by atoms with E-state index in [-0.39, 0.29) is 17.8 Å². The Labute approximate surface area is 124 Å². The molecule has 0 spiro atoms. The van der Waals surface area contributed by atoms with Crippen molar-refractivity contribution < 1.29 is 4.79 Å². The summed E-state index contributed by atoms with van der Waals surface area (Å²) < 4.78 is 0. The fourth-order valence-electron chi connectivity index (χ4n) is 3.13. The van der Waals surface area contributed by atoms with Crippen molar-refractivity contribution in [2.75, 3.05) is 13.1 Å². The quantitative estimate of drug-likeness (QED) is 0.748. The third kappa shape index (κ3) is 2.75. The van der Waals surface area contributed by atoms with E-state index in [0.29, 0.717) is 18.8 Å². The van der Waals surface area contributed by atoms with Gasteiger partial charge in [0.25, 0.3) is 0 Å². The van der Waals surface area contributed by atoms with E-state index in [4.69, 9.17) is 12.3 Å². The van der Waals surface area contributed by atoms with E-state index in [1.807, 2.05) is 13.8 Å². The number of likely N-dealkylation sites (tertiary alicyclic amines) is 1. The number of hydrogen-bond acceptors (Lipinski definition) is 3. The molecular formula is C15H19N5O. The molecule has 1 fully saturated rings.